The van der Waals surface area contributed by atoms with Crippen LogP contribution in [-0.2, 0) is 10.0 Å². The average molecular weight is 362 g/mol. The Labute approximate surface area is 126 Å². The van der Waals surface area contributed by atoms with Crippen LogP contribution in [-0.4, -0.2) is 36.4 Å². The number of hydrogen-bond donors (Lipinski definition) is 2. The molecule has 1 aromatic rings. The Morgan fingerprint density at radius 2 is 2.20 bits per heavy atom. The number of benzene rings is 1. The van der Waals surface area contributed by atoms with E-state index in [1.54, 1.807) is 24.3 Å². The van der Waals surface area contributed by atoms with E-state index in [0.717, 1.165) is 12.8 Å². The molecule has 1 fully saturated rings. The first kappa shape index (κ1) is 15.3. The van der Waals surface area contributed by atoms with Crippen LogP contribution in [0.15, 0.2) is 38.8 Å². The molecule has 1 aromatic carbocycles. The Balaban J connectivity index is 2.24. The van der Waals surface area contributed by atoms with Crippen LogP contribution in [0.25, 0.3) is 0 Å². The molecule has 0 bridgehead atoms. The Hall–Kier alpha value is -1.12. The molecule has 0 aromatic heterocycles. The molecule has 0 unspecified atom stereocenters. The molecule has 1 saturated carbocycles. The van der Waals surface area contributed by atoms with Crippen LogP contribution in [0.1, 0.15) is 19.3 Å². The molecule has 1 aliphatic rings. The van der Waals surface area contributed by atoms with Gasteiger partial charge in [-0.1, -0.05) is 27.2 Å². The van der Waals surface area contributed by atoms with E-state index in [4.69, 9.17) is 10.9 Å². The predicted octanol–water partition coefficient (Wildman–Crippen LogP) is 1.74. The topological polar surface area (TPSA) is 96.0 Å². The standard InChI is InChI=1S/C12H16BrN3O3S/c13-9-2-1-3-11(8-9)20(18,19)16(10-4-5-10)7-6-12(14)15-17/h1-3,8,10,17H,4-7H2,(H2,14,15). The monoisotopic (exact) mass is 361 g/mol. The summed E-state index contributed by atoms with van der Waals surface area (Å²) < 4.78 is 27.4. The second kappa shape index (κ2) is 6.11. The molecule has 0 amide bonds. The fraction of sp³-hybridized carbons (Fsp3) is 0.417. The zero-order valence-electron chi connectivity index (χ0n) is 10.7. The van der Waals surface area contributed by atoms with Gasteiger partial charge >= 0.3 is 0 Å². The normalized spacial score (nSPS) is 16.6. The number of halogens is 1. The van der Waals surface area contributed by atoms with E-state index in [9.17, 15) is 8.42 Å². The minimum Gasteiger partial charge on any atom is -0.409 e. The molecule has 0 atom stereocenters. The summed E-state index contributed by atoms with van der Waals surface area (Å²) in [5.74, 6) is 0.0279. The molecule has 2 rings (SSSR count). The smallest absolute Gasteiger partial charge is 0.243 e. The molecule has 8 heteroatoms. The molecule has 3 N–H and O–H groups in total. The molecule has 0 radical (unpaired) electrons. The molecular formula is C12H16BrN3O3S. The number of oxime groups is 1. The van der Waals surface area contributed by atoms with Crippen LogP contribution in [0.2, 0.25) is 0 Å². The van der Waals surface area contributed by atoms with E-state index in [1.165, 1.54) is 4.31 Å². The van der Waals surface area contributed by atoms with Gasteiger partial charge in [0.15, 0.2) is 0 Å². The highest BCUT2D eigenvalue weighted by Gasteiger charge is 2.37. The van der Waals surface area contributed by atoms with Crippen LogP contribution < -0.4 is 5.73 Å². The maximum atomic E-state index is 12.6. The Morgan fingerprint density at radius 1 is 1.50 bits per heavy atom. The van der Waals surface area contributed by atoms with E-state index in [-0.39, 0.29) is 29.7 Å². The fourth-order valence-corrected chi connectivity index (χ4v) is 4.18. The van der Waals surface area contributed by atoms with Crippen molar-refractivity contribution in [1.82, 2.24) is 4.31 Å². The summed E-state index contributed by atoms with van der Waals surface area (Å²) in [5, 5.41) is 11.4. The zero-order valence-corrected chi connectivity index (χ0v) is 13.1. The van der Waals surface area contributed by atoms with Crippen LogP contribution in [0, 0.1) is 0 Å². The number of sulfonamides is 1. The van der Waals surface area contributed by atoms with Crippen molar-refractivity contribution in [2.75, 3.05) is 6.54 Å². The van der Waals surface area contributed by atoms with Crippen molar-refractivity contribution in [2.45, 2.75) is 30.2 Å². The van der Waals surface area contributed by atoms with Gasteiger partial charge in [0.1, 0.15) is 5.84 Å². The lowest BCUT2D eigenvalue weighted by molar-refractivity contribution is 0.315. The predicted molar refractivity (Wildman–Crippen MR) is 79.1 cm³/mol. The summed E-state index contributed by atoms with van der Waals surface area (Å²) in [5.41, 5.74) is 5.42. The fourth-order valence-electron chi connectivity index (χ4n) is 1.90. The van der Waals surface area contributed by atoms with Crippen molar-refractivity contribution < 1.29 is 13.6 Å². The van der Waals surface area contributed by atoms with Crippen LogP contribution in [0.5, 0.6) is 0 Å². The first-order valence-corrected chi connectivity index (χ1v) is 8.42. The summed E-state index contributed by atoms with van der Waals surface area (Å²) >= 11 is 3.27. The summed E-state index contributed by atoms with van der Waals surface area (Å²) in [4.78, 5) is 0.248. The van der Waals surface area contributed by atoms with Gasteiger partial charge in [0.05, 0.1) is 4.90 Å². The molecular weight excluding hydrogens is 346 g/mol. The van der Waals surface area contributed by atoms with Gasteiger partial charge in [0.25, 0.3) is 0 Å². The Morgan fingerprint density at radius 3 is 2.75 bits per heavy atom. The number of rotatable bonds is 6. The minimum absolute atomic E-state index is 0.0190. The van der Waals surface area contributed by atoms with Crippen LogP contribution in [0.3, 0.4) is 0 Å². The molecule has 0 aliphatic heterocycles. The molecule has 1 aliphatic carbocycles. The second-order valence-corrected chi connectivity index (χ2v) is 7.45. The van der Waals surface area contributed by atoms with Crippen molar-refractivity contribution in [3.63, 3.8) is 0 Å². The highest BCUT2D eigenvalue weighted by molar-refractivity contribution is 9.10. The summed E-state index contributed by atoms with van der Waals surface area (Å²) in [6.07, 6.45) is 1.91. The zero-order chi connectivity index (χ0) is 14.8. The van der Waals surface area contributed by atoms with Gasteiger partial charge in [0, 0.05) is 23.5 Å². The number of nitrogens with zero attached hydrogens (tertiary/aromatic N) is 2. The average Bonchev–Trinajstić information content (AvgIpc) is 3.23. The minimum atomic E-state index is -3.55. The first-order chi connectivity index (χ1) is 9.45. The third-order valence-electron chi connectivity index (χ3n) is 3.07. The van der Waals surface area contributed by atoms with Gasteiger partial charge in [-0.15, -0.1) is 0 Å². The van der Waals surface area contributed by atoms with E-state index < -0.39 is 10.0 Å². The molecule has 0 saturated heterocycles. The van der Waals surface area contributed by atoms with Crippen molar-refractivity contribution in [1.29, 1.82) is 0 Å². The third kappa shape index (κ3) is 3.50. The lowest BCUT2D eigenvalue weighted by Gasteiger charge is -2.21. The highest BCUT2D eigenvalue weighted by atomic mass is 79.9. The highest BCUT2D eigenvalue weighted by Crippen LogP contribution is 2.32. The van der Waals surface area contributed by atoms with E-state index in [1.807, 2.05) is 0 Å². The van der Waals surface area contributed by atoms with Crippen LogP contribution >= 0.6 is 15.9 Å². The van der Waals surface area contributed by atoms with Crippen molar-refractivity contribution in [3.05, 3.63) is 28.7 Å². The molecule has 0 heterocycles. The van der Waals surface area contributed by atoms with Gasteiger partial charge in [0.2, 0.25) is 10.0 Å². The summed E-state index contributed by atoms with van der Waals surface area (Å²) in [6, 6.07) is 6.63. The Bertz CT molecular complexity index is 614. The molecule has 6 nitrogen and oxygen atoms in total. The van der Waals surface area contributed by atoms with Gasteiger partial charge in [-0.2, -0.15) is 4.31 Å². The van der Waals surface area contributed by atoms with Gasteiger partial charge in [-0.25, -0.2) is 8.42 Å². The lowest BCUT2D eigenvalue weighted by atomic mass is 10.4. The van der Waals surface area contributed by atoms with E-state index >= 15 is 0 Å². The SMILES string of the molecule is NC(CCN(C1CC1)S(=O)(=O)c1cccc(Br)c1)=NO. The summed E-state index contributed by atoms with van der Waals surface area (Å²) in [6.45, 7) is 0.218. The summed E-state index contributed by atoms with van der Waals surface area (Å²) in [7, 11) is -3.55. The van der Waals surface area contributed by atoms with E-state index in [2.05, 4.69) is 21.1 Å². The van der Waals surface area contributed by atoms with Crippen molar-refractivity contribution >= 4 is 31.8 Å². The van der Waals surface area contributed by atoms with E-state index in [0.29, 0.717) is 4.47 Å². The molecule has 0 spiro atoms. The third-order valence-corrected chi connectivity index (χ3v) is 5.51. The first-order valence-electron chi connectivity index (χ1n) is 6.19. The molecule has 20 heavy (non-hydrogen) atoms. The Kier molecular flexibility index (Phi) is 4.66. The van der Waals surface area contributed by atoms with Crippen molar-refractivity contribution in [2.24, 2.45) is 10.9 Å². The maximum absolute atomic E-state index is 12.6. The molecule has 110 valence electrons. The number of hydrogen-bond acceptors (Lipinski definition) is 4. The second-order valence-electron chi connectivity index (χ2n) is 4.65. The maximum Gasteiger partial charge on any atom is 0.243 e. The van der Waals surface area contributed by atoms with Crippen molar-refractivity contribution in [3.8, 4) is 0 Å². The quantitative estimate of drug-likeness (QED) is 0.349. The lowest BCUT2D eigenvalue weighted by Crippen LogP contribution is -2.35. The van der Waals surface area contributed by atoms with Crippen LogP contribution in [0.4, 0.5) is 0 Å². The number of amidine groups is 1. The largest absolute Gasteiger partial charge is 0.409 e. The van der Waals surface area contributed by atoms with Gasteiger partial charge < -0.3 is 10.9 Å². The number of nitrogens with two attached hydrogens (primary N) is 1. The van der Waals surface area contributed by atoms with Gasteiger partial charge in [-0.3, -0.25) is 0 Å². The van der Waals surface area contributed by atoms with Gasteiger partial charge in [-0.05, 0) is 31.0 Å².